The zero-order valence-electron chi connectivity index (χ0n) is 12.0. The lowest BCUT2D eigenvalue weighted by Gasteiger charge is -2.24. The maximum absolute atomic E-state index is 12.7. The van der Waals surface area contributed by atoms with Crippen molar-refractivity contribution >= 4 is 33.5 Å². The van der Waals surface area contributed by atoms with E-state index in [1.165, 1.54) is 0 Å². The number of methoxy groups -OCH3 is 1. The van der Waals surface area contributed by atoms with Gasteiger partial charge in [0.2, 0.25) is 5.91 Å². The van der Waals surface area contributed by atoms with Crippen molar-refractivity contribution in [3.05, 3.63) is 22.7 Å². The molecule has 1 aromatic rings. The quantitative estimate of drug-likeness (QED) is 0.836. The summed E-state index contributed by atoms with van der Waals surface area (Å²) in [7, 11) is 1.56. The van der Waals surface area contributed by atoms with Gasteiger partial charge in [0.25, 0.3) is 0 Å². The fourth-order valence-corrected chi connectivity index (χ4v) is 4.69. The number of esters is 1. The van der Waals surface area contributed by atoms with Crippen LogP contribution in [0.4, 0.5) is 5.69 Å². The molecule has 0 unspecified atom stereocenters. The molecule has 4 rings (SSSR count). The fraction of sp³-hybridized carbons (Fsp3) is 0.500. The van der Waals surface area contributed by atoms with E-state index in [0.717, 1.165) is 17.3 Å². The van der Waals surface area contributed by atoms with Gasteiger partial charge in [-0.1, -0.05) is 15.9 Å². The molecule has 6 heteroatoms. The normalized spacial score (nSPS) is 34.6. The lowest BCUT2D eigenvalue weighted by molar-refractivity contribution is -0.145. The first-order valence-corrected chi connectivity index (χ1v) is 8.22. The van der Waals surface area contributed by atoms with E-state index < -0.39 is 0 Å². The van der Waals surface area contributed by atoms with Crippen LogP contribution in [0.3, 0.4) is 0 Å². The van der Waals surface area contributed by atoms with Crippen LogP contribution >= 0.6 is 15.9 Å². The molecule has 1 N–H and O–H groups in total. The summed E-state index contributed by atoms with van der Waals surface area (Å²) in [6.45, 7) is 0. The van der Waals surface area contributed by atoms with E-state index >= 15 is 0 Å². The third kappa shape index (κ3) is 1.96. The summed E-state index contributed by atoms with van der Waals surface area (Å²) in [5, 5.41) is 2.93. The van der Waals surface area contributed by atoms with Gasteiger partial charge in [-0.05, 0) is 37.0 Å². The number of carbonyl (C=O) groups excluding carboxylic acids is 2. The molecule has 2 saturated carbocycles. The molecule has 0 spiro atoms. The van der Waals surface area contributed by atoms with Crippen LogP contribution in [0.1, 0.15) is 12.8 Å². The number of ether oxygens (including phenoxy) is 2. The molecule has 2 bridgehead atoms. The first-order valence-electron chi connectivity index (χ1n) is 7.43. The number of amides is 1. The van der Waals surface area contributed by atoms with E-state index in [1.54, 1.807) is 19.2 Å². The van der Waals surface area contributed by atoms with E-state index in [1.807, 2.05) is 6.07 Å². The number of anilines is 1. The molecule has 3 fully saturated rings. The number of hydrogen-bond donors (Lipinski definition) is 1. The average Bonchev–Trinajstić information content (AvgIpc) is 3.10. The van der Waals surface area contributed by atoms with E-state index in [0.29, 0.717) is 11.4 Å². The first-order chi connectivity index (χ1) is 10.6. The molecule has 116 valence electrons. The number of fused-ring (bicyclic) bond motifs is 1. The highest BCUT2D eigenvalue weighted by molar-refractivity contribution is 9.10. The second kappa shape index (κ2) is 4.98. The van der Waals surface area contributed by atoms with Crippen LogP contribution in [-0.2, 0) is 14.3 Å². The third-order valence-corrected chi connectivity index (χ3v) is 5.70. The van der Waals surface area contributed by atoms with Gasteiger partial charge < -0.3 is 14.8 Å². The van der Waals surface area contributed by atoms with Gasteiger partial charge in [0.1, 0.15) is 11.9 Å². The number of nitrogens with one attached hydrogen (secondary N) is 1. The Morgan fingerprint density at radius 1 is 1.41 bits per heavy atom. The second-order valence-corrected chi connectivity index (χ2v) is 7.17. The summed E-state index contributed by atoms with van der Waals surface area (Å²) < 4.78 is 11.6. The van der Waals surface area contributed by atoms with Crippen LogP contribution < -0.4 is 10.1 Å². The van der Waals surface area contributed by atoms with Gasteiger partial charge >= 0.3 is 5.97 Å². The molecule has 1 aromatic carbocycles. The van der Waals surface area contributed by atoms with Crippen LogP contribution in [0.15, 0.2) is 22.7 Å². The molecule has 0 aromatic heterocycles. The van der Waals surface area contributed by atoms with Gasteiger partial charge in [0.15, 0.2) is 0 Å². The number of rotatable bonds is 3. The molecule has 5 atom stereocenters. The molecule has 1 amide bonds. The van der Waals surface area contributed by atoms with E-state index in [2.05, 4.69) is 21.2 Å². The van der Waals surface area contributed by atoms with Crippen LogP contribution in [0.25, 0.3) is 0 Å². The number of hydrogen-bond acceptors (Lipinski definition) is 4. The minimum atomic E-state index is -0.274. The van der Waals surface area contributed by atoms with Gasteiger partial charge in [0, 0.05) is 10.4 Å². The monoisotopic (exact) mass is 365 g/mol. The average molecular weight is 366 g/mol. The lowest BCUT2D eigenvalue weighted by Crippen LogP contribution is -2.35. The summed E-state index contributed by atoms with van der Waals surface area (Å²) in [6.07, 6.45) is 1.80. The molecule has 3 aliphatic rings. The highest BCUT2D eigenvalue weighted by atomic mass is 79.9. The Labute approximate surface area is 136 Å². The van der Waals surface area contributed by atoms with Crippen molar-refractivity contribution in [2.45, 2.75) is 18.9 Å². The predicted molar refractivity (Wildman–Crippen MR) is 82.4 cm³/mol. The van der Waals surface area contributed by atoms with Crippen LogP contribution in [0.2, 0.25) is 0 Å². The Kier molecular flexibility index (Phi) is 3.18. The Morgan fingerprint density at radius 2 is 2.23 bits per heavy atom. The zero-order chi connectivity index (χ0) is 15.4. The van der Waals surface area contributed by atoms with Crippen molar-refractivity contribution in [2.75, 3.05) is 12.4 Å². The minimum absolute atomic E-state index is 0.0498. The standard InChI is InChI=1S/C16H16BrNO4/c1-21-12-6-8(17)2-3-10(12)18-15(19)13-7-4-9-11(5-7)22-16(20)14(9)13/h2-3,6-7,9,11,13-14H,4-5H2,1H3,(H,18,19)/t7-,9+,11-,13-,14+/m1/s1. The Morgan fingerprint density at radius 3 is 3.00 bits per heavy atom. The van der Waals surface area contributed by atoms with Gasteiger partial charge in [-0.15, -0.1) is 0 Å². The van der Waals surface area contributed by atoms with Gasteiger partial charge in [0.05, 0.1) is 24.6 Å². The number of halogens is 1. The summed E-state index contributed by atoms with van der Waals surface area (Å²) in [4.78, 5) is 24.7. The topological polar surface area (TPSA) is 64.6 Å². The Bertz CT molecular complexity index is 660. The summed E-state index contributed by atoms with van der Waals surface area (Å²) in [5.41, 5.74) is 0.626. The van der Waals surface area contributed by atoms with Gasteiger partial charge in [-0.3, -0.25) is 9.59 Å². The molecule has 1 aliphatic heterocycles. The minimum Gasteiger partial charge on any atom is -0.495 e. The SMILES string of the molecule is COc1cc(Br)ccc1NC(=O)[C@@H]1[C@@H]2C[C@@H]3[C@@H]1C(=O)O[C@@H]3C2. The van der Waals surface area contributed by atoms with Gasteiger partial charge in [-0.2, -0.15) is 0 Å². The predicted octanol–water partition coefficient (Wildman–Crippen LogP) is 2.59. The van der Waals surface area contributed by atoms with Crippen LogP contribution in [-0.4, -0.2) is 25.1 Å². The summed E-state index contributed by atoms with van der Waals surface area (Å²) in [5.74, 6) is 0.258. The zero-order valence-corrected chi connectivity index (χ0v) is 13.6. The molecule has 2 aliphatic carbocycles. The van der Waals surface area contributed by atoms with E-state index in [-0.39, 0.29) is 41.7 Å². The number of carbonyl (C=O) groups is 2. The van der Waals surface area contributed by atoms with Crippen LogP contribution in [0, 0.1) is 23.7 Å². The Balaban J connectivity index is 1.57. The van der Waals surface area contributed by atoms with Crippen molar-refractivity contribution in [1.29, 1.82) is 0 Å². The largest absolute Gasteiger partial charge is 0.495 e. The summed E-state index contributed by atoms with van der Waals surface area (Å²) >= 11 is 3.38. The van der Waals surface area contributed by atoms with E-state index in [9.17, 15) is 9.59 Å². The first kappa shape index (κ1) is 14.1. The molecule has 5 nitrogen and oxygen atoms in total. The maximum Gasteiger partial charge on any atom is 0.310 e. The number of benzene rings is 1. The van der Waals surface area contributed by atoms with Crippen molar-refractivity contribution in [3.8, 4) is 5.75 Å². The third-order valence-electron chi connectivity index (χ3n) is 5.21. The second-order valence-electron chi connectivity index (χ2n) is 6.26. The highest BCUT2D eigenvalue weighted by Gasteiger charge is 2.63. The van der Waals surface area contributed by atoms with Crippen molar-refractivity contribution in [2.24, 2.45) is 23.7 Å². The molecule has 0 radical (unpaired) electrons. The molecular weight excluding hydrogens is 350 g/mol. The molecule has 1 heterocycles. The van der Waals surface area contributed by atoms with Crippen molar-refractivity contribution in [1.82, 2.24) is 0 Å². The smallest absolute Gasteiger partial charge is 0.310 e. The highest BCUT2D eigenvalue weighted by Crippen LogP contribution is 2.57. The maximum atomic E-state index is 12.7. The van der Waals surface area contributed by atoms with Gasteiger partial charge in [-0.25, -0.2) is 0 Å². The molecular formula is C16H16BrNO4. The molecule has 1 saturated heterocycles. The summed E-state index contributed by atoms with van der Waals surface area (Å²) in [6, 6.07) is 5.44. The lowest BCUT2D eigenvalue weighted by atomic mass is 9.79. The molecule has 22 heavy (non-hydrogen) atoms. The Hall–Kier alpha value is -1.56. The van der Waals surface area contributed by atoms with Crippen molar-refractivity contribution in [3.63, 3.8) is 0 Å². The van der Waals surface area contributed by atoms with Crippen molar-refractivity contribution < 1.29 is 19.1 Å². The fourth-order valence-electron chi connectivity index (χ4n) is 4.35. The van der Waals surface area contributed by atoms with Crippen LogP contribution in [0.5, 0.6) is 5.75 Å². The van der Waals surface area contributed by atoms with E-state index in [4.69, 9.17) is 9.47 Å².